The summed E-state index contributed by atoms with van der Waals surface area (Å²) in [4.78, 5) is 0. The van der Waals surface area contributed by atoms with Gasteiger partial charge in [0.1, 0.15) is 0 Å². The second-order valence-electron chi connectivity index (χ2n) is 2.21. The van der Waals surface area contributed by atoms with Gasteiger partial charge >= 0.3 is 17.5 Å². The zero-order valence-corrected chi connectivity index (χ0v) is 9.12. The predicted octanol–water partition coefficient (Wildman–Crippen LogP) is 3.76. The van der Waals surface area contributed by atoms with Gasteiger partial charge < -0.3 is 9.26 Å². The van der Waals surface area contributed by atoms with Gasteiger partial charge in [-0.05, 0) is 0 Å². The molecular weight excluding hydrogens is 246 g/mol. The molecular formula is C5H10F4O3P2. The van der Waals surface area contributed by atoms with E-state index in [1.54, 1.807) is 0 Å². The summed E-state index contributed by atoms with van der Waals surface area (Å²) < 4.78 is 59.4. The highest BCUT2D eigenvalue weighted by Gasteiger charge is 2.17. The molecule has 14 heavy (non-hydrogen) atoms. The minimum Gasteiger partial charge on any atom is -0.382 e. The second kappa shape index (κ2) is 8.74. The van der Waals surface area contributed by atoms with Gasteiger partial charge in [0.15, 0.2) is 0 Å². The predicted molar refractivity (Wildman–Crippen MR) is 45.6 cm³/mol. The molecule has 9 heteroatoms. The van der Waals surface area contributed by atoms with Crippen LogP contribution >= 0.6 is 17.5 Å². The van der Waals surface area contributed by atoms with E-state index in [4.69, 9.17) is 0 Å². The maximum atomic E-state index is 11.8. The molecule has 0 heterocycles. The number of hydrogen-bond acceptors (Lipinski definition) is 3. The number of hydrogen-bond donors (Lipinski definition) is 0. The molecule has 0 aromatic carbocycles. The van der Waals surface area contributed by atoms with Gasteiger partial charge in [-0.15, -0.1) is 0 Å². The van der Waals surface area contributed by atoms with E-state index in [-0.39, 0.29) is 19.6 Å². The Hall–Kier alpha value is 0.460. The Morgan fingerprint density at radius 1 is 1.14 bits per heavy atom. The van der Waals surface area contributed by atoms with E-state index in [9.17, 15) is 16.8 Å². The molecule has 0 amide bonds. The lowest BCUT2D eigenvalue weighted by Gasteiger charge is -2.14. The van der Waals surface area contributed by atoms with E-state index in [0.717, 1.165) is 0 Å². The molecule has 0 aliphatic heterocycles. The fraction of sp³-hybridized carbons (Fsp3) is 1.00. The Balaban J connectivity index is 3.61. The lowest BCUT2D eigenvalue weighted by Crippen LogP contribution is -2.17. The first-order valence-electron chi connectivity index (χ1n) is 3.58. The highest BCUT2D eigenvalue weighted by molar-refractivity contribution is 7.40. The lowest BCUT2D eigenvalue weighted by atomic mass is 10.3. The number of methoxy groups -OCH3 is 1. The third-order valence-corrected chi connectivity index (χ3v) is 2.05. The maximum absolute atomic E-state index is 11.8. The van der Waals surface area contributed by atoms with E-state index in [0.29, 0.717) is 0 Å². The van der Waals surface area contributed by atoms with Crippen molar-refractivity contribution in [1.82, 2.24) is 0 Å². The van der Waals surface area contributed by atoms with Crippen molar-refractivity contribution in [2.75, 3.05) is 20.3 Å². The molecule has 0 N–H and O–H groups in total. The molecule has 0 saturated heterocycles. The van der Waals surface area contributed by atoms with Crippen LogP contribution in [0.2, 0.25) is 0 Å². The zero-order chi connectivity index (χ0) is 11.0. The summed E-state index contributed by atoms with van der Waals surface area (Å²) in [5, 5.41) is 0. The Bertz CT molecular complexity index is 140. The molecule has 0 radical (unpaired) electrons. The molecule has 1 atom stereocenters. The molecule has 0 aromatic heterocycles. The largest absolute Gasteiger partial charge is 0.415 e. The van der Waals surface area contributed by atoms with Crippen LogP contribution in [0.1, 0.15) is 6.42 Å². The number of rotatable bonds is 8. The Morgan fingerprint density at radius 3 is 2.21 bits per heavy atom. The van der Waals surface area contributed by atoms with Gasteiger partial charge in [0.25, 0.3) is 0 Å². The van der Waals surface area contributed by atoms with Gasteiger partial charge in [0, 0.05) is 13.5 Å². The molecule has 3 nitrogen and oxygen atoms in total. The van der Waals surface area contributed by atoms with Crippen LogP contribution in [0.25, 0.3) is 0 Å². The standard InChI is InChI=1S/C5H10F4O3P2/c1-10-4-5(12-14(8)9)2-3-11-13(6)7/h5H,2-4H2,1H3. The summed E-state index contributed by atoms with van der Waals surface area (Å²) in [7, 11) is -5.63. The zero-order valence-electron chi connectivity index (χ0n) is 7.33. The minimum absolute atomic E-state index is 0.0345. The second-order valence-corrected chi connectivity index (χ2v) is 3.49. The number of ether oxygens (including phenoxy) is 1. The Labute approximate surface area is 81.9 Å². The van der Waals surface area contributed by atoms with E-state index in [2.05, 4.69) is 13.8 Å². The normalized spacial score (nSPS) is 13.9. The fourth-order valence-corrected chi connectivity index (χ4v) is 1.35. The van der Waals surface area contributed by atoms with E-state index in [1.165, 1.54) is 7.11 Å². The molecule has 86 valence electrons. The number of halogens is 4. The van der Waals surface area contributed by atoms with Gasteiger partial charge in [-0.1, -0.05) is 0 Å². The molecule has 0 fully saturated rings. The fourth-order valence-electron chi connectivity index (χ4n) is 0.718. The van der Waals surface area contributed by atoms with Crippen molar-refractivity contribution in [2.24, 2.45) is 0 Å². The van der Waals surface area contributed by atoms with E-state index >= 15 is 0 Å². The van der Waals surface area contributed by atoms with Crippen LogP contribution in [0.15, 0.2) is 0 Å². The van der Waals surface area contributed by atoms with E-state index < -0.39 is 23.6 Å². The first-order chi connectivity index (χ1) is 6.56. The highest BCUT2D eigenvalue weighted by Crippen LogP contribution is 2.43. The van der Waals surface area contributed by atoms with Crippen molar-refractivity contribution in [2.45, 2.75) is 12.5 Å². The summed E-state index contributed by atoms with van der Waals surface area (Å²) in [5.41, 5.74) is 0. The molecule has 0 bridgehead atoms. The van der Waals surface area contributed by atoms with Gasteiger partial charge in [-0.25, -0.2) is 0 Å². The molecule has 0 saturated carbocycles. The smallest absolute Gasteiger partial charge is 0.382 e. The lowest BCUT2D eigenvalue weighted by molar-refractivity contribution is 0.0659. The quantitative estimate of drug-likeness (QED) is 0.489. The van der Waals surface area contributed by atoms with Gasteiger partial charge in [0.05, 0.1) is 19.3 Å². The summed E-state index contributed by atoms with van der Waals surface area (Å²) in [5.74, 6) is 0. The third-order valence-electron chi connectivity index (χ3n) is 1.21. The summed E-state index contributed by atoms with van der Waals surface area (Å²) in [6.07, 6.45) is -0.927. The molecule has 0 rings (SSSR count). The Kier molecular flexibility index (Phi) is 9.03. The van der Waals surface area contributed by atoms with Crippen molar-refractivity contribution in [3.8, 4) is 0 Å². The first kappa shape index (κ1) is 14.5. The molecule has 0 aromatic rings. The molecule has 0 aliphatic rings. The van der Waals surface area contributed by atoms with Crippen LogP contribution in [-0.4, -0.2) is 26.4 Å². The van der Waals surface area contributed by atoms with Crippen LogP contribution in [0.4, 0.5) is 16.8 Å². The first-order valence-corrected chi connectivity index (χ1v) is 5.66. The van der Waals surface area contributed by atoms with Crippen molar-refractivity contribution in [3.63, 3.8) is 0 Å². The van der Waals surface area contributed by atoms with Crippen LogP contribution in [0.3, 0.4) is 0 Å². The van der Waals surface area contributed by atoms with Gasteiger partial charge in [-0.3, -0.25) is 4.52 Å². The third kappa shape index (κ3) is 9.03. The van der Waals surface area contributed by atoms with Crippen LogP contribution in [-0.2, 0) is 13.8 Å². The van der Waals surface area contributed by atoms with Gasteiger partial charge in [0.2, 0.25) is 0 Å². The van der Waals surface area contributed by atoms with Crippen LogP contribution in [0, 0.1) is 0 Å². The molecule has 1 unspecified atom stereocenters. The highest BCUT2D eigenvalue weighted by atomic mass is 31.2. The van der Waals surface area contributed by atoms with Crippen molar-refractivity contribution in [1.29, 1.82) is 0 Å². The topological polar surface area (TPSA) is 27.7 Å². The molecule has 0 aliphatic carbocycles. The maximum Gasteiger partial charge on any atom is 0.415 e. The minimum atomic E-state index is -3.50. The van der Waals surface area contributed by atoms with Gasteiger partial charge in [-0.2, -0.15) is 16.8 Å². The SMILES string of the molecule is COCC(CCOP(F)F)OP(F)F. The Morgan fingerprint density at radius 2 is 1.79 bits per heavy atom. The summed E-state index contributed by atoms with van der Waals surface area (Å²) >= 11 is 0. The van der Waals surface area contributed by atoms with Crippen molar-refractivity contribution in [3.05, 3.63) is 0 Å². The summed E-state index contributed by atoms with van der Waals surface area (Å²) in [6.45, 7) is -0.373. The summed E-state index contributed by atoms with van der Waals surface area (Å²) in [6, 6.07) is 0. The van der Waals surface area contributed by atoms with Crippen molar-refractivity contribution < 1.29 is 30.6 Å². The van der Waals surface area contributed by atoms with Crippen LogP contribution in [0.5, 0.6) is 0 Å². The monoisotopic (exact) mass is 256 g/mol. The average Bonchev–Trinajstić information content (AvgIpc) is 2.02. The van der Waals surface area contributed by atoms with Crippen molar-refractivity contribution >= 4 is 17.5 Å². The van der Waals surface area contributed by atoms with E-state index in [1.807, 2.05) is 0 Å². The molecule has 0 spiro atoms. The van der Waals surface area contributed by atoms with Crippen LogP contribution < -0.4 is 0 Å². The average molecular weight is 256 g/mol.